The summed E-state index contributed by atoms with van der Waals surface area (Å²) in [5.74, 6) is -0.486. The van der Waals surface area contributed by atoms with Gasteiger partial charge in [0, 0.05) is 6.42 Å². The number of esters is 1. The van der Waals surface area contributed by atoms with Crippen LogP contribution < -0.4 is 0 Å². The lowest BCUT2D eigenvalue weighted by molar-refractivity contribution is -0.147. The van der Waals surface area contributed by atoms with Crippen LogP contribution in [0.4, 0.5) is 0 Å². The molecule has 0 spiro atoms. The molecule has 1 heterocycles. The van der Waals surface area contributed by atoms with Crippen molar-refractivity contribution in [2.75, 3.05) is 7.11 Å². The Hall–Kier alpha value is -1.78. The van der Waals surface area contributed by atoms with Crippen molar-refractivity contribution in [3.63, 3.8) is 0 Å². The van der Waals surface area contributed by atoms with E-state index in [1.807, 2.05) is 0 Å². The van der Waals surface area contributed by atoms with E-state index < -0.39 is 17.4 Å². The van der Waals surface area contributed by atoms with Gasteiger partial charge in [0.1, 0.15) is 17.1 Å². The van der Waals surface area contributed by atoms with Crippen molar-refractivity contribution >= 4 is 11.9 Å². The van der Waals surface area contributed by atoms with Crippen LogP contribution in [0.5, 0.6) is 0 Å². The fourth-order valence-electron chi connectivity index (χ4n) is 1.45. The second kappa shape index (κ2) is 4.61. The minimum absolute atomic E-state index is 0.222. The van der Waals surface area contributed by atoms with Gasteiger partial charge in [0.2, 0.25) is 0 Å². The lowest BCUT2D eigenvalue weighted by Crippen LogP contribution is -2.25. The maximum atomic E-state index is 11.3. The molecule has 0 saturated carbocycles. The van der Waals surface area contributed by atoms with Gasteiger partial charge in [-0.3, -0.25) is 4.79 Å². The first kappa shape index (κ1) is 13.3. The van der Waals surface area contributed by atoms with Crippen LogP contribution in [-0.2, 0) is 16.0 Å². The summed E-state index contributed by atoms with van der Waals surface area (Å²) in [7, 11) is 1.29. The molecule has 5 nitrogen and oxygen atoms in total. The molecule has 0 unspecified atom stereocenters. The molecule has 0 radical (unpaired) electrons. The van der Waals surface area contributed by atoms with Crippen molar-refractivity contribution in [1.29, 1.82) is 0 Å². The van der Waals surface area contributed by atoms with Gasteiger partial charge in [-0.15, -0.1) is 0 Å². The highest BCUT2D eigenvalue weighted by Gasteiger charge is 2.29. The van der Waals surface area contributed by atoms with Crippen LogP contribution in [0.3, 0.4) is 0 Å². The molecular weight excluding hydrogens is 224 g/mol. The molecule has 17 heavy (non-hydrogen) atoms. The van der Waals surface area contributed by atoms with E-state index in [1.165, 1.54) is 13.2 Å². The zero-order valence-corrected chi connectivity index (χ0v) is 10.4. The quantitative estimate of drug-likeness (QED) is 0.815. The zero-order chi connectivity index (χ0) is 13.2. The molecule has 94 valence electrons. The van der Waals surface area contributed by atoms with Crippen molar-refractivity contribution < 1.29 is 23.8 Å². The molecule has 1 aromatic heterocycles. The summed E-state index contributed by atoms with van der Waals surface area (Å²) >= 11 is 0. The number of aryl methyl sites for hydroxylation is 1. The van der Waals surface area contributed by atoms with Crippen molar-refractivity contribution in [2.24, 2.45) is 5.41 Å². The van der Waals surface area contributed by atoms with Crippen LogP contribution in [-0.4, -0.2) is 24.2 Å². The van der Waals surface area contributed by atoms with Crippen LogP contribution in [0.2, 0.25) is 0 Å². The summed E-state index contributed by atoms with van der Waals surface area (Å²) in [6.07, 6.45) is 0.222. The van der Waals surface area contributed by atoms with Crippen molar-refractivity contribution in [1.82, 2.24) is 0 Å². The average molecular weight is 240 g/mol. The van der Waals surface area contributed by atoms with E-state index in [4.69, 9.17) is 9.52 Å². The second-order valence-corrected chi connectivity index (χ2v) is 4.54. The molecule has 0 saturated heterocycles. The number of aliphatic carboxylic acids is 1. The molecule has 0 atom stereocenters. The van der Waals surface area contributed by atoms with Crippen molar-refractivity contribution in [2.45, 2.75) is 27.2 Å². The van der Waals surface area contributed by atoms with Crippen LogP contribution in [0.1, 0.15) is 35.7 Å². The Morgan fingerprint density at radius 1 is 1.47 bits per heavy atom. The lowest BCUT2D eigenvalue weighted by Gasteiger charge is -2.16. The number of ether oxygens (including phenoxy) is 1. The summed E-state index contributed by atoms with van der Waals surface area (Å²) in [5, 5.41) is 9.00. The van der Waals surface area contributed by atoms with Gasteiger partial charge < -0.3 is 14.3 Å². The van der Waals surface area contributed by atoms with Crippen LogP contribution >= 0.6 is 0 Å². The van der Waals surface area contributed by atoms with Gasteiger partial charge in [-0.25, -0.2) is 4.79 Å². The highest BCUT2D eigenvalue weighted by Crippen LogP contribution is 2.25. The first-order valence-corrected chi connectivity index (χ1v) is 5.19. The standard InChI is InChI=1S/C12H16O5/c1-7-9(10(13)16-4)5-8(17-7)6-12(2,3)11(14)15/h5H,6H2,1-4H3,(H,14,15). The highest BCUT2D eigenvalue weighted by molar-refractivity contribution is 5.90. The maximum absolute atomic E-state index is 11.3. The Kier molecular flexibility index (Phi) is 3.60. The number of carboxylic acid groups (broad SMARTS) is 1. The third kappa shape index (κ3) is 2.87. The topological polar surface area (TPSA) is 76.7 Å². The Morgan fingerprint density at radius 2 is 2.06 bits per heavy atom. The number of carboxylic acids is 1. The predicted molar refractivity (Wildman–Crippen MR) is 59.9 cm³/mol. The van der Waals surface area contributed by atoms with Crippen molar-refractivity contribution in [3.05, 3.63) is 23.2 Å². The van der Waals surface area contributed by atoms with E-state index in [0.717, 1.165) is 0 Å². The van der Waals surface area contributed by atoms with Gasteiger partial charge in [-0.05, 0) is 26.8 Å². The minimum Gasteiger partial charge on any atom is -0.481 e. The molecule has 0 aromatic carbocycles. The Morgan fingerprint density at radius 3 is 2.53 bits per heavy atom. The number of hydrogen-bond donors (Lipinski definition) is 1. The molecule has 1 rings (SSSR count). The van der Waals surface area contributed by atoms with Gasteiger partial charge >= 0.3 is 11.9 Å². The summed E-state index contributed by atoms with van der Waals surface area (Å²) in [6.45, 7) is 4.85. The summed E-state index contributed by atoms with van der Waals surface area (Å²) in [6, 6.07) is 1.53. The van der Waals surface area contributed by atoms with E-state index in [2.05, 4.69) is 4.74 Å². The molecule has 0 bridgehead atoms. The maximum Gasteiger partial charge on any atom is 0.341 e. The largest absolute Gasteiger partial charge is 0.481 e. The fraction of sp³-hybridized carbons (Fsp3) is 0.500. The monoisotopic (exact) mass is 240 g/mol. The van der Waals surface area contributed by atoms with E-state index in [0.29, 0.717) is 17.1 Å². The number of carbonyl (C=O) groups excluding carboxylic acids is 1. The molecule has 0 aliphatic rings. The summed E-state index contributed by atoms with van der Waals surface area (Å²) in [5.41, 5.74) is -0.596. The van der Waals surface area contributed by atoms with Gasteiger partial charge in [0.25, 0.3) is 0 Å². The van der Waals surface area contributed by atoms with E-state index in [1.54, 1.807) is 20.8 Å². The fourth-order valence-corrected chi connectivity index (χ4v) is 1.45. The molecule has 1 N–H and O–H groups in total. The predicted octanol–water partition coefficient (Wildman–Crippen LogP) is 2.03. The molecule has 1 aromatic rings. The summed E-state index contributed by atoms with van der Waals surface area (Å²) < 4.78 is 9.95. The molecule has 0 amide bonds. The number of furan rings is 1. The Bertz CT molecular complexity index is 442. The highest BCUT2D eigenvalue weighted by atomic mass is 16.5. The zero-order valence-electron chi connectivity index (χ0n) is 10.4. The van der Waals surface area contributed by atoms with E-state index in [9.17, 15) is 9.59 Å². The van der Waals surface area contributed by atoms with Gasteiger partial charge in [-0.2, -0.15) is 0 Å². The normalized spacial score (nSPS) is 11.3. The minimum atomic E-state index is -0.933. The molecule has 0 aliphatic heterocycles. The smallest absolute Gasteiger partial charge is 0.341 e. The molecule has 0 fully saturated rings. The van der Waals surface area contributed by atoms with Crippen LogP contribution in [0.25, 0.3) is 0 Å². The summed E-state index contributed by atoms with van der Waals surface area (Å²) in [4.78, 5) is 22.3. The van der Waals surface area contributed by atoms with Gasteiger partial charge in [0.05, 0.1) is 12.5 Å². The first-order valence-electron chi connectivity index (χ1n) is 5.19. The number of hydrogen-bond acceptors (Lipinski definition) is 4. The average Bonchev–Trinajstić information content (AvgIpc) is 2.57. The molecule has 5 heteroatoms. The SMILES string of the molecule is COC(=O)c1cc(CC(C)(C)C(=O)O)oc1C. The number of carbonyl (C=O) groups is 2. The van der Waals surface area contributed by atoms with Gasteiger partial charge in [-0.1, -0.05) is 0 Å². The van der Waals surface area contributed by atoms with Crippen molar-refractivity contribution in [3.8, 4) is 0 Å². The Balaban J connectivity index is 2.95. The molecule has 0 aliphatic carbocycles. The van der Waals surface area contributed by atoms with Crippen LogP contribution in [0.15, 0.2) is 10.5 Å². The number of methoxy groups -OCH3 is 1. The van der Waals surface area contributed by atoms with Gasteiger partial charge in [0.15, 0.2) is 0 Å². The third-order valence-corrected chi connectivity index (χ3v) is 2.57. The lowest BCUT2D eigenvalue weighted by atomic mass is 9.88. The second-order valence-electron chi connectivity index (χ2n) is 4.54. The third-order valence-electron chi connectivity index (χ3n) is 2.57. The van der Waals surface area contributed by atoms with Crippen LogP contribution in [0, 0.1) is 12.3 Å². The first-order chi connectivity index (χ1) is 7.77. The Labute approximate surface area is 99.4 Å². The number of rotatable bonds is 4. The van der Waals surface area contributed by atoms with E-state index >= 15 is 0 Å². The van der Waals surface area contributed by atoms with E-state index in [-0.39, 0.29) is 6.42 Å². The molecular formula is C12H16O5.